The van der Waals surface area contributed by atoms with Gasteiger partial charge in [-0.05, 0) is 49.5 Å². The molecule has 1 aromatic rings. The van der Waals surface area contributed by atoms with Crippen molar-refractivity contribution in [1.82, 2.24) is 9.97 Å². The topological polar surface area (TPSA) is 55.0 Å². The van der Waals surface area contributed by atoms with Gasteiger partial charge < -0.3 is 10.6 Å². The summed E-state index contributed by atoms with van der Waals surface area (Å²) in [5, 5.41) is 0. The third-order valence-electron chi connectivity index (χ3n) is 4.83. The van der Waals surface area contributed by atoms with Gasteiger partial charge in [0.15, 0.2) is 0 Å². The summed E-state index contributed by atoms with van der Waals surface area (Å²) in [4.78, 5) is 11.9. The molecule has 0 radical (unpaired) electrons. The van der Waals surface area contributed by atoms with Gasteiger partial charge in [0.1, 0.15) is 0 Å². The van der Waals surface area contributed by atoms with Gasteiger partial charge in [0, 0.05) is 25.3 Å². The van der Waals surface area contributed by atoms with E-state index in [1.165, 1.54) is 36.9 Å². The van der Waals surface area contributed by atoms with Gasteiger partial charge in [0.2, 0.25) is 5.95 Å². The maximum Gasteiger partial charge on any atom is 0.225 e. The van der Waals surface area contributed by atoms with Crippen LogP contribution in [0.25, 0.3) is 0 Å². The van der Waals surface area contributed by atoms with E-state index < -0.39 is 0 Å². The standard InChI is InChI=1S/C16H26N4/c1-11-7-12(2)15-13(8-11)10-18-16(19-15)20-6-4-3-5-14(20)9-17/h10-12,14H,3-9,17H2,1-2H3. The highest BCUT2D eigenvalue weighted by Crippen LogP contribution is 2.34. The summed E-state index contributed by atoms with van der Waals surface area (Å²) in [6, 6.07) is 0.416. The summed E-state index contributed by atoms with van der Waals surface area (Å²) in [6.07, 6.45) is 8.10. The zero-order chi connectivity index (χ0) is 14.1. The fraction of sp³-hybridized carbons (Fsp3) is 0.750. The minimum atomic E-state index is 0.416. The Morgan fingerprint density at radius 2 is 2.20 bits per heavy atom. The molecule has 20 heavy (non-hydrogen) atoms. The molecule has 4 nitrogen and oxygen atoms in total. The Bertz CT molecular complexity index is 474. The van der Waals surface area contributed by atoms with Crippen LogP contribution in [0.5, 0.6) is 0 Å². The van der Waals surface area contributed by atoms with Crippen molar-refractivity contribution in [3.63, 3.8) is 0 Å². The Balaban J connectivity index is 1.89. The van der Waals surface area contributed by atoms with Crippen LogP contribution in [0.15, 0.2) is 6.20 Å². The van der Waals surface area contributed by atoms with Crippen LogP contribution in [0.4, 0.5) is 5.95 Å². The molecule has 3 rings (SSSR count). The number of nitrogens with zero attached hydrogens (tertiary/aromatic N) is 3. The second-order valence-corrected chi connectivity index (χ2v) is 6.61. The first-order chi connectivity index (χ1) is 9.69. The monoisotopic (exact) mass is 274 g/mol. The summed E-state index contributed by atoms with van der Waals surface area (Å²) >= 11 is 0. The summed E-state index contributed by atoms with van der Waals surface area (Å²) < 4.78 is 0. The average Bonchev–Trinajstić information content (AvgIpc) is 2.47. The van der Waals surface area contributed by atoms with E-state index in [1.807, 2.05) is 0 Å². The average molecular weight is 274 g/mol. The van der Waals surface area contributed by atoms with Crippen molar-refractivity contribution in [3.8, 4) is 0 Å². The van der Waals surface area contributed by atoms with Crippen LogP contribution in [-0.4, -0.2) is 29.1 Å². The molecule has 3 unspecified atom stereocenters. The van der Waals surface area contributed by atoms with E-state index in [0.29, 0.717) is 18.5 Å². The lowest BCUT2D eigenvalue weighted by Gasteiger charge is -2.36. The van der Waals surface area contributed by atoms with E-state index in [-0.39, 0.29) is 0 Å². The van der Waals surface area contributed by atoms with Crippen molar-refractivity contribution in [3.05, 3.63) is 17.5 Å². The van der Waals surface area contributed by atoms with Gasteiger partial charge in [-0.25, -0.2) is 9.97 Å². The van der Waals surface area contributed by atoms with Gasteiger partial charge in [0.25, 0.3) is 0 Å². The highest BCUT2D eigenvalue weighted by Gasteiger charge is 2.27. The predicted molar refractivity (Wildman–Crippen MR) is 82.0 cm³/mol. The summed E-state index contributed by atoms with van der Waals surface area (Å²) in [7, 11) is 0. The molecule has 2 aliphatic rings. The predicted octanol–water partition coefficient (Wildman–Crippen LogP) is 2.48. The fourth-order valence-corrected chi connectivity index (χ4v) is 3.82. The first-order valence-corrected chi connectivity index (χ1v) is 8.01. The van der Waals surface area contributed by atoms with Crippen LogP contribution in [-0.2, 0) is 6.42 Å². The van der Waals surface area contributed by atoms with Gasteiger partial charge in [-0.3, -0.25) is 0 Å². The molecule has 1 fully saturated rings. The number of piperidine rings is 1. The number of anilines is 1. The normalized spacial score (nSPS) is 30.1. The molecule has 0 aromatic carbocycles. The quantitative estimate of drug-likeness (QED) is 0.900. The van der Waals surface area contributed by atoms with Gasteiger partial charge in [0.05, 0.1) is 5.69 Å². The Kier molecular flexibility index (Phi) is 3.92. The van der Waals surface area contributed by atoms with E-state index in [2.05, 4.69) is 29.9 Å². The molecular weight excluding hydrogens is 248 g/mol. The second kappa shape index (κ2) is 5.68. The zero-order valence-corrected chi connectivity index (χ0v) is 12.7. The molecule has 1 aromatic heterocycles. The highest BCUT2D eigenvalue weighted by atomic mass is 15.3. The number of hydrogen-bond acceptors (Lipinski definition) is 4. The third-order valence-corrected chi connectivity index (χ3v) is 4.83. The Hall–Kier alpha value is -1.16. The number of nitrogens with two attached hydrogens (primary N) is 1. The van der Waals surface area contributed by atoms with Crippen molar-refractivity contribution in [2.24, 2.45) is 11.7 Å². The second-order valence-electron chi connectivity index (χ2n) is 6.61. The van der Waals surface area contributed by atoms with Crippen LogP contribution in [0.3, 0.4) is 0 Å². The van der Waals surface area contributed by atoms with E-state index in [1.54, 1.807) is 0 Å². The molecule has 4 heteroatoms. The minimum Gasteiger partial charge on any atom is -0.337 e. The molecule has 2 heterocycles. The van der Waals surface area contributed by atoms with Crippen LogP contribution >= 0.6 is 0 Å². The SMILES string of the molecule is CC1Cc2cnc(N3CCCCC3CN)nc2C(C)C1. The Morgan fingerprint density at radius 1 is 1.35 bits per heavy atom. The molecule has 1 aliphatic heterocycles. The molecule has 0 bridgehead atoms. The summed E-state index contributed by atoms with van der Waals surface area (Å²) in [5.74, 6) is 2.20. The van der Waals surface area contributed by atoms with Crippen LogP contribution in [0.1, 0.15) is 56.7 Å². The minimum absolute atomic E-state index is 0.416. The van der Waals surface area contributed by atoms with Crippen molar-refractivity contribution in [1.29, 1.82) is 0 Å². The van der Waals surface area contributed by atoms with Crippen LogP contribution in [0, 0.1) is 5.92 Å². The summed E-state index contributed by atoms with van der Waals surface area (Å²) in [6.45, 7) is 6.36. The molecule has 2 N–H and O–H groups in total. The molecule has 0 amide bonds. The molecular formula is C16H26N4. The molecule has 0 saturated carbocycles. The van der Waals surface area contributed by atoms with Gasteiger partial charge in [-0.2, -0.15) is 0 Å². The first kappa shape index (κ1) is 13.8. The lowest BCUT2D eigenvalue weighted by molar-refractivity contribution is 0.432. The molecule has 0 spiro atoms. The molecule has 1 saturated heterocycles. The van der Waals surface area contributed by atoms with Crippen LogP contribution < -0.4 is 10.6 Å². The smallest absolute Gasteiger partial charge is 0.225 e. The van der Waals surface area contributed by atoms with Crippen LogP contribution in [0.2, 0.25) is 0 Å². The zero-order valence-electron chi connectivity index (χ0n) is 12.7. The van der Waals surface area contributed by atoms with Gasteiger partial charge >= 0.3 is 0 Å². The van der Waals surface area contributed by atoms with E-state index in [0.717, 1.165) is 24.8 Å². The maximum absolute atomic E-state index is 5.92. The third kappa shape index (κ3) is 2.53. The van der Waals surface area contributed by atoms with Gasteiger partial charge in [-0.15, -0.1) is 0 Å². The fourth-order valence-electron chi connectivity index (χ4n) is 3.82. The molecule has 1 aliphatic carbocycles. The number of rotatable bonds is 2. The highest BCUT2D eigenvalue weighted by molar-refractivity contribution is 5.37. The lowest BCUT2D eigenvalue weighted by Crippen LogP contribution is -2.45. The number of fused-ring (bicyclic) bond motifs is 1. The Labute approximate surface area is 121 Å². The molecule has 110 valence electrons. The van der Waals surface area contributed by atoms with Gasteiger partial charge in [-0.1, -0.05) is 13.8 Å². The van der Waals surface area contributed by atoms with E-state index >= 15 is 0 Å². The largest absolute Gasteiger partial charge is 0.337 e. The van der Waals surface area contributed by atoms with Crippen molar-refractivity contribution >= 4 is 5.95 Å². The number of aromatic nitrogens is 2. The maximum atomic E-state index is 5.92. The lowest BCUT2D eigenvalue weighted by atomic mass is 9.82. The Morgan fingerprint density at radius 3 is 3.00 bits per heavy atom. The first-order valence-electron chi connectivity index (χ1n) is 8.01. The van der Waals surface area contributed by atoms with E-state index in [9.17, 15) is 0 Å². The van der Waals surface area contributed by atoms with Crippen molar-refractivity contribution in [2.75, 3.05) is 18.0 Å². The summed E-state index contributed by atoms with van der Waals surface area (Å²) in [5.41, 5.74) is 8.54. The molecule has 3 atom stereocenters. The number of hydrogen-bond donors (Lipinski definition) is 1. The van der Waals surface area contributed by atoms with E-state index in [4.69, 9.17) is 10.7 Å². The van der Waals surface area contributed by atoms with Crippen molar-refractivity contribution in [2.45, 2.75) is 57.9 Å². The van der Waals surface area contributed by atoms with Crippen molar-refractivity contribution < 1.29 is 0 Å².